The number of phenols is 1. The largest absolute Gasteiger partial charge is 0.508 e. The molecule has 0 saturated carbocycles. The number of amides is 1. The van der Waals surface area contributed by atoms with E-state index < -0.39 is 0 Å². The minimum absolute atomic E-state index is 0.0458. The third kappa shape index (κ3) is 4.56. The van der Waals surface area contributed by atoms with Crippen molar-refractivity contribution in [3.63, 3.8) is 0 Å². The number of carbonyl (C=O) groups is 1. The summed E-state index contributed by atoms with van der Waals surface area (Å²) in [5, 5.41) is 10.0. The van der Waals surface area contributed by atoms with Crippen LogP contribution in [0.5, 0.6) is 5.75 Å². The Balaban J connectivity index is 2.96. The van der Waals surface area contributed by atoms with Crippen LogP contribution in [0.1, 0.15) is 37.9 Å². The van der Waals surface area contributed by atoms with Crippen LogP contribution in [0, 0.1) is 12.8 Å². The van der Waals surface area contributed by atoms with Gasteiger partial charge in [0.15, 0.2) is 0 Å². The monoisotopic (exact) mass is 264 g/mol. The predicted octanol–water partition coefficient (Wildman–Crippen LogP) is 2.20. The third-order valence-corrected chi connectivity index (χ3v) is 3.14. The number of phenolic OH excluding ortho intramolecular Hbond substituents is 1. The molecule has 0 aliphatic heterocycles. The zero-order valence-corrected chi connectivity index (χ0v) is 12.2. The summed E-state index contributed by atoms with van der Waals surface area (Å²) in [5.41, 5.74) is 7.14. The van der Waals surface area contributed by atoms with Crippen LogP contribution in [0.15, 0.2) is 18.2 Å². The van der Waals surface area contributed by atoms with E-state index in [0.29, 0.717) is 5.92 Å². The lowest BCUT2D eigenvalue weighted by Gasteiger charge is -2.30. The SMILES string of the molecule is Cc1ccc(C(C)N(CC(N)=O)CC(C)C)c(O)c1. The van der Waals surface area contributed by atoms with Crippen molar-refractivity contribution in [2.75, 3.05) is 13.1 Å². The Hall–Kier alpha value is -1.55. The molecule has 19 heavy (non-hydrogen) atoms. The molecule has 106 valence electrons. The molecule has 0 saturated heterocycles. The van der Waals surface area contributed by atoms with Gasteiger partial charge in [0.25, 0.3) is 0 Å². The Labute approximate surface area is 115 Å². The second-order valence-electron chi connectivity index (χ2n) is 5.53. The molecule has 0 bridgehead atoms. The standard InChI is InChI=1S/C15H24N2O2/c1-10(2)8-17(9-15(16)19)12(4)13-6-5-11(3)7-14(13)18/h5-7,10,12,18H,8-9H2,1-4H3,(H2,16,19). The van der Waals surface area contributed by atoms with Gasteiger partial charge in [0.1, 0.15) is 5.75 Å². The van der Waals surface area contributed by atoms with Crippen LogP contribution >= 0.6 is 0 Å². The highest BCUT2D eigenvalue weighted by Gasteiger charge is 2.21. The van der Waals surface area contributed by atoms with Crippen LogP contribution in [0.25, 0.3) is 0 Å². The summed E-state index contributed by atoms with van der Waals surface area (Å²) in [5.74, 6) is 0.346. The average molecular weight is 264 g/mol. The highest BCUT2D eigenvalue weighted by atomic mass is 16.3. The van der Waals surface area contributed by atoms with Crippen molar-refractivity contribution >= 4 is 5.91 Å². The van der Waals surface area contributed by atoms with Gasteiger partial charge in [-0.25, -0.2) is 0 Å². The number of aryl methyl sites for hydroxylation is 1. The lowest BCUT2D eigenvalue weighted by Crippen LogP contribution is -2.38. The Morgan fingerprint density at radius 1 is 1.37 bits per heavy atom. The summed E-state index contributed by atoms with van der Waals surface area (Å²) in [7, 11) is 0. The first-order chi connectivity index (χ1) is 8.81. The lowest BCUT2D eigenvalue weighted by atomic mass is 10.0. The summed E-state index contributed by atoms with van der Waals surface area (Å²) in [6.45, 7) is 9.06. The van der Waals surface area contributed by atoms with Crippen LogP contribution in [0.2, 0.25) is 0 Å². The van der Waals surface area contributed by atoms with E-state index in [-0.39, 0.29) is 24.2 Å². The molecule has 0 aromatic heterocycles. The van der Waals surface area contributed by atoms with Crippen LogP contribution in [-0.4, -0.2) is 29.0 Å². The molecule has 0 spiro atoms. The fourth-order valence-corrected chi connectivity index (χ4v) is 2.23. The van der Waals surface area contributed by atoms with E-state index in [4.69, 9.17) is 5.73 Å². The van der Waals surface area contributed by atoms with Crippen molar-refractivity contribution < 1.29 is 9.90 Å². The molecule has 0 heterocycles. The van der Waals surface area contributed by atoms with Gasteiger partial charge in [-0.15, -0.1) is 0 Å². The molecular formula is C15H24N2O2. The first-order valence-electron chi connectivity index (χ1n) is 6.63. The van der Waals surface area contributed by atoms with E-state index >= 15 is 0 Å². The van der Waals surface area contributed by atoms with Crippen LogP contribution in [0.4, 0.5) is 0 Å². The molecule has 4 heteroatoms. The van der Waals surface area contributed by atoms with Crippen molar-refractivity contribution in [1.82, 2.24) is 4.90 Å². The molecule has 0 aliphatic rings. The van der Waals surface area contributed by atoms with Gasteiger partial charge in [0, 0.05) is 18.2 Å². The number of primary amides is 1. The molecular weight excluding hydrogens is 240 g/mol. The van der Waals surface area contributed by atoms with Crippen molar-refractivity contribution in [1.29, 1.82) is 0 Å². The van der Waals surface area contributed by atoms with Gasteiger partial charge in [0.05, 0.1) is 6.54 Å². The fourth-order valence-electron chi connectivity index (χ4n) is 2.23. The zero-order chi connectivity index (χ0) is 14.6. The lowest BCUT2D eigenvalue weighted by molar-refractivity contribution is -0.119. The molecule has 0 fully saturated rings. The van der Waals surface area contributed by atoms with E-state index in [2.05, 4.69) is 13.8 Å². The molecule has 0 radical (unpaired) electrons. The van der Waals surface area contributed by atoms with Crippen molar-refractivity contribution in [3.05, 3.63) is 29.3 Å². The smallest absolute Gasteiger partial charge is 0.231 e. The number of nitrogens with zero attached hydrogens (tertiary/aromatic N) is 1. The molecule has 1 aromatic rings. The average Bonchev–Trinajstić information content (AvgIpc) is 2.26. The van der Waals surface area contributed by atoms with Crippen LogP contribution < -0.4 is 5.73 Å². The van der Waals surface area contributed by atoms with Gasteiger partial charge in [-0.05, 0) is 31.4 Å². The Bertz CT molecular complexity index is 444. The maximum atomic E-state index is 11.2. The molecule has 1 unspecified atom stereocenters. The quantitative estimate of drug-likeness (QED) is 0.827. The topological polar surface area (TPSA) is 66.6 Å². The Kier molecular flexibility index (Phi) is 5.36. The fraction of sp³-hybridized carbons (Fsp3) is 0.533. The van der Waals surface area contributed by atoms with Gasteiger partial charge >= 0.3 is 0 Å². The molecule has 1 aromatic carbocycles. The molecule has 4 nitrogen and oxygen atoms in total. The normalized spacial score (nSPS) is 12.9. The first-order valence-corrected chi connectivity index (χ1v) is 6.63. The van der Waals surface area contributed by atoms with Crippen molar-refractivity contribution in [2.24, 2.45) is 11.7 Å². The number of carbonyl (C=O) groups excluding carboxylic acids is 1. The van der Waals surface area contributed by atoms with Gasteiger partial charge in [-0.3, -0.25) is 9.69 Å². The molecule has 1 amide bonds. The number of benzene rings is 1. The van der Waals surface area contributed by atoms with E-state index in [1.54, 1.807) is 6.07 Å². The Morgan fingerprint density at radius 2 is 2.00 bits per heavy atom. The maximum Gasteiger partial charge on any atom is 0.231 e. The second-order valence-corrected chi connectivity index (χ2v) is 5.53. The first kappa shape index (κ1) is 15.5. The highest BCUT2D eigenvalue weighted by molar-refractivity contribution is 5.76. The molecule has 1 rings (SSSR count). The van der Waals surface area contributed by atoms with E-state index in [9.17, 15) is 9.90 Å². The summed E-state index contributed by atoms with van der Waals surface area (Å²) >= 11 is 0. The van der Waals surface area contributed by atoms with Crippen molar-refractivity contribution in [2.45, 2.75) is 33.7 Å². The minimum Gasteiger partial charge on any atom is -0.508 e. The zero-order valence-electron chi connectivity index (χ0n) is 12.2. The summed E-state index contributed by atoms with van der Waals surface area (Å²) in [4.78, 5) is 13.2. The summed E-state index contributed by atoms with van der Waals surface area (Å²) in [6.07, 6.45) is 0. The summed E-state index contributed by atoms with van der Waals surface area (Å²) < 4.78 is 0. The van der Waals surface area contributed by atoms with Crippen LogP contribution in [0.3, 0.4) is 0 Å². The van der Waals surface area contributed by atoms with Gasteiger partial charge in [-0.2, -0.15) is 0 Å². The second kappa shape index (κ2) is 6.57. The molecule has 0 aliphatic carbocycles. The minimum atomic E-state index is -0.348. The van der Waals surface area contributed by atoms with Crippen LogP contribution in [-0.2, 0) is 4.79 Å². The van der Waals surface area contributed by atoms with Gasteiger partial charge in [0.2, 0.25) is 5.91 Å². The number of nitrogens with two attached hydrogens (primary N) is 1. The Morgan fingerprint density at radius 3 is 2.47 bits per heavy atom. The van der Waals surface area contributed by atoms with E-state index in [0.717, 1.165) is 17.7 Å². The number of hydrogen-bond acceptors (Lipinski definition) is 3. The third-order valence-electron chi connectivity index (χ3n) is 3.14. The highest BCUT2D eigenvalue weighted by Crippen LogP contribution is 2.29. The predicted molar refractivity (Wildman–Crippen MR) is 76.9 cm³/mol. The number of hydrogen-bond donors (Lipinski definition) is 2. The maximum absolute atomic E-state index is 11.2. The number of rotatable bonds is 6. The van der Waals surface area contributed by atoms with Crippen molar-refractivity contribution in [3.8, 4) is 5.75 Å². The van der Waals surface area contributed by atoms with E-state index in [1.807, 2.05) is 30.9 Å². The van der Waals surface area contributed by atoms with Gasteiger partial charge in [-0.1, -0.05) is 26.0 Å². The summed E-state index contributed by atoms with van der Waals surface area (Å²) in [6, 6.07) is 5.56. The van der Waals surface area contributed by atoms with E-state index in [1.165, 1.54) is 0 Å². The molecule has 3 N–H and O–H groups in total. The molecule has 1 atom stereocenters. The van der Waals surface area contributed by atoms with Gasteiger partial charge < -0.3 is 10.8 Å². The number of aromatic hydroxyl groups is 1.